The van der Waals surface area contributed by atoms with Gasteiger partial charge in [-0.1, -0.05) is 23.7 Å². The fraction of sp³-hybridized carbons (Fsp3) is 0.176. The first-order valence-electron chi connectivity index (χ1n) is 22.0. The van der Waals surface area contributed by atoms with Crippen molar-refractivity contribution in [3.8, 4) is 23.0 Å². The van der Waals surface area contributed by atoms with E-state index in [1.807, 2.05) is 0 Å². The maximum Gasteiger partial charge on any atom is 0.416 e. The summed E-state index contributed by atoms with van der Waals surface area (Å²) in [5, 5.41) is 5.65. The lowest BCUT2D eigenvalue weighted by Crippen LogP contribution is -2.36. The van der Waals surface area contributed by atoms with Crippen molar-refractivity contribution in [2.75, 3.05) is 73.0 Å². The molecule has 0 atom stereocenters. The summed E-state index contributed by atoms with van der Waals surface area (Å²) in [7, 11) is 0. The van der Waals surface area contributed by atoms with E-state index >= 15 is 0 Å². The van der Waals surface area contributed by atoms with E-state index in [1.165, 1.54) is 36.4 Å². The molecule has 2 aliphatic heterocycles. The third kappa shape index (κ3) is 12.1. The van der Waals surface area contributed by atoms with Crippen LogP contribution in [0.15, 0.2) is 134 Å². The molecule has 2 fully saturated rings. The number of alkyl halides is 3. The third-order valence-electron chi connectivity index (χ3n) is 11.0. The predicted molar refractivity (Wildman–Crippen MR) is 257 cm³/mol. The lowest BCUT2D eigenvalue weighted by Gasteiger charge is -2.27. The van der Waals surface area contributed by atoms with E-state index in [1.54, 1.807) is 73.1 Å². The number of fused-ring (bicyclic) bond motifs is 2. The number of nitrogens with one attached hydrogen (secondary N) is 2. The number of hydrogen-bond acceptors (Lipinski definition) is 12. The molecule has 10 rings (SSSR count). The van der Waals surface area contributed by atoms with Crippen molar-refractivity contribution >= 4 is 68.5 Å². The Hall–Kier alpha value is -8.00. The fourth-order valence-corrected chi connectivity index (χ4v) is 7.62. The Morgan fingerprint density at radius 3 is 1.49 bits per heavy atom. The van der Waals surface area contributed by atoms with E-state index in [0.29, 0.717) is 95.2 Å². The van der Waals surface area contributed by atoms with Gasteiger partial charge in [-0.3, -0.25) is 19.6 Å². The molecule has 14 nitrogen and oxygen atoms in total. The molecule has 0 bridgehead atoms. The number of halogens is 6. The second kappa shape index (κ2) is 21.3. The first kappa shape index (κ1) is 48.0. The van der Waals surface area contributed by atoms with Gasteiger partial charge in [0, 0.05) is 78.0 Å². The summed E-state index contributed by atoms with van der Waals surface area (Å²) in [6, 6.07) is 28.4. The SMILES string of the molecule is O=C(Nc1ccc(F)c(Oc2ccc3ncc(N4CCOCC4)nc3c2)c1)c1cccc(C(F)(F)F)c1.O=C(Nc1ccc(F)c(Oc2ccc3ncc(N4CCOCC4)nc3c2)c1)c1cccc(Cl)c1. The van der Waals surface area contributed by atoms with Crippen molar-refractivity contribution in [3.63, 3.8) is 0 Å². The molecule has 0 aliphatic carbocycles. The number of ether oxygens (including phenoxy) is 4. The first-order chi connectivity index (χ1) is 34.3. The summed E-state index contributed by atoms with van der Waals surface area (Å²) in [6.45, 7) is 5.37. The lowest BCUT2D eigenvalue weighted by molar-refractivity contribution is -0.137. The summed E-state index contributed by atoms with van der Waals surface area (Å²) < 4.78 is 90.2. The number of aromatic nitrogens is 4. The molecule has 4 heterocycles. The Morgan fingerprint density at radius 2 is 1.03 bits per heavy atom. The van der Waals surface area contributed by atoms with Gasteiger partial charge in [-0.25, -0.2) is 18.7 Å². The van der Waals surface area contributed by atoms with Crippen LogP contribution in [0.3, 0.4) is 0 Å². The summed E-state index contributed by atoms with van der Waals surface area (Å²) in [5.74, 6) is -0.460. The Balaban J connectivity index is 0.000000176. The van der Waals surface area contributed by atoms with E-state index < -0.39 is 29.3 Å². The molecule has 0 unspecified atom stereocenters. The smallest absolute Gasteiger partial charge is 0.416 e. The van der Waals surface area contributed by atoms with Gasteiger partial charge < -0.3 is 39.4 Å². The molecule has 6 aromatic carbocycles. The molecule has 8 aromatic rings. The highest BCUT2D eigenvalue weighted by molar-refractivity contribution is 6.31. The minimum atomic E-state index is -4.58. The quantitative estimate of drug-likeness (QED) is 0.125. The van der Waals surface area contributed by atoms with Crippen LogP contribution in [0.4, 0.5) is 45.0 Å². The van der Waals surface area contributed by atoms with Crippen LogP contribution in [0.2, 0.25) is 5.02 Å². The number of nitrogens with zero attached hydrogens (tertiary/aromatic N) is 6. The monoisotopic (exact) mass is 990 g/mol. The summed E-state index contributed by atoms with van der Waals surface area (Å²) in [5.41, 5.74) is 2.31. The van der Waals surface area contributed by atoms with E-state index in [-0.39, 0.29) is 28.7 Å². The van der Waals surface area contributed by atoms with Gasteiger partial charge >= 0.3 is 6.18 Å². The van der Waals surface area contributed by atoms with Crippen LogP contribution in [0.1, 0.15) is 26.3 Å². The molecular formula is C51H40ClF5N8O6. The summed E-state index contributed by atoms with van der Waals surface area (Å²) in [6.07, 6.45) is -1.16. The first-order valence-corrected chi connectivity index (χ1v) is 22.4. The standard InChI is InChI=1S/C26H20F4N4O3.C25H20ClFN4O3/c27-20-6-4-18(32-25(35)16-2-1-3-17(12-16)26(28,29)30)13-23(20)37-19-5-7-21-22(14-19)33-24(15-31-21)34-8-10-36-11-9-34;26-17-3-1-2-16(12-17)25(32)29-18-4-6-20(27)23(13-18)34-19-5-7-21-22(14-19)30-24(15-28-21)31-8-10-33-11-9-31/h1-7,12-15H,8-11H2,(H,32,35);1-7,12-15H,8-11H2,(H,29,32). The molecule has 0 radical (unpaired) electrons. The van der Waals surface area contributed by atoms with Crippen LogP contribution < -0.4 is 29.9 Å². The minimum absolute atomic E-state index is 0.0273. The van der Waals surface area contributed by atoms with Crippen molar-refractivity contribution in [2.24, 2.45) is 0 Å². The van der Waals surface area contributed by atoms with Crippen molar-refractivity contribution in [2.45, 2.75) is 6.18 Å². The van der Waals surface area contributed by atoms with Gasteiger partial charge in [0.2, 0.25) is 0 Å². The van der Waals surface area contributed by atoms with Crippen molar-refractivity contribution in [3.05, 3.63) is 167 Å². The molecule has 2 aliphatic rings. The zero-order chi connectivity index (χ0) is 49.5. The van der Waals surface area contributed by atoms with Gasteiger partial charge in [0.25, 0.3) is 11.8 Å². The second-order valence-electron chi connectivity index (χ2n) is 15.9. The number of rotatable bonds is 10. The number of benzene rings is 6. The van der Waals surface area contributed by atoms with Crippen LogP contribution in [-0.2, 0) is 15.7 Å². The molecule has 71 heavy (non-hydrogen) atoms. The Morgan fingerprint density at radius 1 is 0.563 bits per heavy atom. The highest BCUT2D eigenvalue weighted by Gasteiger charge is 2.31. The van der Waals surface area contributed by atoms with E-state index in [2.05, 4.69) is 40.4 Å². The van der Waals surface area contributed by atoms with Crippen molar-refractivity contribution in [1.29, 1.82) is 0 Å². The number of amides is 2. The van der Waals surface area contributed by atoms with Crippen molar-refractivity contribution < 1.29 is 50.5 Å². The van der Waals surface area contributed by atoms with Gasteiger partial charge in [-0.2, -0.15) is 13.2 Å². The van der Waals surface area contributed by atoms with E-state index in [4.69, 9.17) is 30.5 Å². The topological polar surface area (TPSA) is 153 Å². The molecule has 20 heteroatoms. The molecule has 362 valence electrons. The Bertz CT molecular complexity index is 3250. The number of hydrogen-bond donors (Lipinski definition) is 2. The largest absolute Gasteiger partial charge is 0.454 e. The van der Waals surface area contributed by atoms with Gasteiger partial charge in [-0.05, 0) is 84.9 Å². The van der Waals surface area contributed by atoms with Crippen LogP contribution in [0, 0.1) is 11.6 Å². The zero-order valence-corrected chi connectivity index (χ0v) is 38.0. The van der Waals surface area contributed by atoms with Gasteiger partial charge in [0.1, 0.15) is 23.1 Å². The lowest BCUT2D eigenvalue weighted by atomic mass is 10.1. The molecule has 0 saturated carbocycles. The number of carbonyl (C=O) groups is 2. The summed E-state index contributed by atoms with van der Waals surface area (Å²) in [4.78, 5) is 47.4. The normalized spacial score (nSPS) is 13.8. The Labute approximate surface area is 406 Å². The average Bonchev–Trinajstić information content (AvgIpc) is 3.38. The summed E-state index contributed by atoms with van der Waals surface area (Å²) >= 11 is 5.96. The van der Waals surface area contributed by atoms with Gasteiger partial charge in [0.05, 0.1) is 66.5 Å². The van der Waals surface area contributed by atoms with Crippen LogP contribution >= 0.6 is 11.6 Å². The van der Waals surface area contributed by atoms with E-state index in [9.17, 15) is 31.5 Å². The van der Waals surface area contributed by atoms with Crippen molar-refractivity contribution in [1.82, 2.24) is 19.9 Å². The zero-order valence-electron chi connectivity index (χ0n) is 37.3. The van der Waals surface area contributed by atoms with Crippen LogP contribution in [0.5, 0.6) is 23.0 Å². The van der Waals surface area contributed by atoms with E-state index in [0.717, 1.165) is 43.2 Å². The number of anilines is 4. The maximum absolute atomic E-state index is 14.5. The predicted octanol–water partition coefficient (Wildman–Crippen LogP) is 11.0. The van der Waals surface area contributed by atoms with Gasteiger partial charge in [-0.15, -0.1) is 0 Å². The average molecular weight is 991 g/mol. The molecule has 2 aromatic heterocycles. The molecule has 0 spiro atoms. The fourth-order valence-electron chi connectivity index (χ4n) is 7.43. The van der Waals surface area contributed by atoms with Gasteiger partial charge in [0.15, 0.2) is 23.1 Å². The second-order valence-corrected chi connectivity index (χ2v) is 16.4. The highest BCUT2D eigenvalue weighted by atomic mass is 35.5. The minimum Gasteiger partial charge on any atom is -0.454 e. The highest BCUT2D eigenvalue weighted by Crippen LogP contribution is 2.33. The Kier molecular flexibility index (Phi) is 14.4. The van der Waals surface area contributed by atoms with Crippen LogP contribution in [0.25, 0.3) is 22.1 Å². The number of carbonyl (C=O) groups excluding carboxylic acids is 2. The van der Waals surface area contributed by atoms with Crippen LogP contribution in [-0.4, -0.2) is 84.4 Å². The molecular weight excluding hydrogens is 951 g/mol. The number of morpholine rings is 2. The maximum atomic E-state index is 14.5. The molecule has 2 saturated heterocycles. The molecule has 2 amide bonds. The third-order valence-corrected chi connectivity index (χ3v) is 11.3. The molecule has 2 N–H and O–H groups in total.